The number of carbonyl (C=O) groups excluding carboxylic acids is 1. The van der Waals surface area contributed by atoms with Crippen LogP contribution in [0.15, 0.2) is 6.33 Å². The van der Waals surface area contributed by atoms with Crippen LogP contribution in [0.3, 0.4) is 0 Å². The van der Waals surface area contributed by atoms with Gasteiger partial charge in [0.25, 0.3) is 0 Å². The average molecular weight is 304 g/mol. The summed E-state index contributed by atoms with van der Waals surface area (Å²) in [6.45, 7) is 3.75. The summed E-state index contributed by atoms with van der Waals surface area (Å²) in [7, 11) is 0. The van der Waals surface area contributed by atoms with Crippen LogP contribution in [-0.2, 0) is 22.5 Å². The van der Waals surface area contributed by atoms with Crippen LogP contribution in [0.1, 0.15) is 43.1 Å². The third-order valence-electron chi connectivity index (χ3n) is 4.91. The largest absolute Gasteiger partial charge is 0.381 e. The summed E-state index contributed by atoms with van der Waals surface area (Å²) in [5.41, 5.74) is 2.56. The Morgan fingerprint density at radius 3 is 2.91 bits per heavy atom. The fourth-order valence-corrected chi connectivity index (χ4v) is 3.51. The van der Waals surface area contributed by atoms with Gasteiger partial charge in [0.2, 0.25) is 5.91 Å². The quantitative estimate of drug-likeness (QED) is 0.897. The maximum atomic E-state index is 12.2. The molecule has 1 saturated heterocycles. The molecule has 1 saturated carbocycles. The number of hydrogen-bond acceptors (Lipinski definition) is 4. The predicted molar refractivity (Wildman–Crippen MR) is 81.5 cm³/mol. The topological polar surface area (TPSA) is 59.4 Å². The van der Waals surface area contributed by atoms with Crippen molar-refractivity contribution in [3.05, 3.63) is 17.7 Å². The molecule has 1 amide bonds. The summed E-state index contributed by atoms with van der Waals surface area (Å²) >= 11 is 0. The highest BCUT2D eigenvalue weighted by Crippen LogP contribution is 2.37. The number of hydrogen-bond donors (Lipinski definition) is 1. The first-order chi connectivity index (χ1) is 10.8. The third-order valence-corrected chi connectivity index (χ3v) is 4.91. The molecule has 22 heavy (non-hydrogen) atoms. The van der Waals surface area contributed by atoms with Crippen molar-refractivity contribution in [1.29, 1.82) is 0 Å². The predicted octanol–water partition coefficient (Wildman–Crippen LogP) is 0.871. The Kier molecular flexibility index (Phi) is 3.88. The first kappa shape index (κ1) is 14.2. The monoisotopic (exact) mass is 304 g/mol. The number of amides is 1. The van der Waals surface area contributed by atoms with E-state index in [0.717, 1.165) is 51.3 Å². The second-order valence-corrected chi connectivity index (χ2v) is 6.69. The van der Waals surface area contributed by atoms with Gasteiger partial charge in [-0.2, -0.15) is 0 Å². The van der Waals surface area contributed by atoms with Crippen molar-refractivity contribution in [3.8, 4) is 0 Å². The number of nitrogens with one attached hydrogen (secondary N) is 1. The molecule has 1 N–H and O–H groups in total. The minimum Gasteiger partial charge on any atom is -0.381 e. The van der Waals surface area contributed by atoms with E-state index < -0.39 is 0 Å². The molecule has 0 bridgehead atoms. The summed E-state index contributed by atoms with van der Waals surface area (Å²) in [4.78, 5) is 19.0. The fourth-order valence-electron chi connectivity index (χ4n) is 3.51. The van der Waals surface area contributed by atoms with Gasteiger partial charge >= 0.3 is 0 Å². The van der Waals surface area contributed by atoms with E-state index in [9.17, 15) is 4.79 Å². The number of fused-ring (bicyclic) bond motifs is 1. The molecular formula is C16H24N4O2. The SMILES string of the molecule is O=C(CN1CCc2c(ncn2C2CC2)C1)NC1CCOCC1. The lowest BCUT2D eigenvalue weighted by molar-refractivity contribution is -0.123. The highest BCUT2D eigenvalue weighted by molar-refractivity contribution is 5.78. The van der Waals surface area contributed by atoms with Crippen molar-refractivity contribution in [2.24, 2.45) is 0 Å². The molecule has 6 nitrogen and oxygen atoms in total. The van der Waals surface area contributed by atoms with Crippen molar-refractivity contribution < 1.29 is 9.53 Å². The molecule has 3 aliphatic rings. The maximum Gasteiger partial charge on any atom is 0.234 e. The first-order valence-corrected chi connectivity index (χ1v) is 8.43. The molecule has 4 rings (SSSR count). The van der Waals surface area contributed by atoms with E-state index in [2.05, 4.69) is 19.8 Å². The molecule has 120 valence electrons. The lowest BCUT2D eigenvalue weighted by Gasteiger charge is -2.28. The van der Waals surface area contributed by atoms with Gasteiger partial charge in [-0.05, 0) is 25.7 Å². The molecule has 0 unspecified atom stereocenters. The average Bonchev–Trinajstić information content (AvgIpc) is 3.28. The van der Waals surface area contributed by atoms with Crippen molar-refractivity contribution in [2.75, 3.05) is 26.3 Å². The van der Waals surface area contributed by atoms with Crippen LogP contribution in [0.4, 0.5) is 0 Å². The van der Waals surface area contributed by atoms with Gasteiger partial charge in [-0.15, -0.1) is 0 Å². The van der Waals surface area contributed by atoms with Crippen molar-refractivity contribution in [3.63, 3.8) is 0 Å². The van der Waals surface area contributed by atoms with Gasteiger partial charge in [-0.3, -0.25) is 9.69 Å². The van der Waals surface area contributed by atoms with E-state index in [1.165, 1.54) is 18.5 Å². The zero-order valence-corrected chi connectivity index (χ0v) is 13.0. The minimum absolute atomic E-state index is 0.136. The number of nitrogens with zero attached hydrogens (tertiary/aromatic N) is 3. The Morgan fingerprint density at radius 2 is 2.14 bits per heavy atom. The van der Waals surface area contributed by atoms with Crippen LogP contribution >= 0.6 is 0 Å². The summed E-state index contributed by atoms with van der Waals surface area (Å²) in [5, 5.41) is 3.14. The van der Waals surface area contributed by atoms with Gasteiger partial charge in [-0.25, -0.2) is 4.98 Å². The van der Waals surface area contributed by atoms with E-state index in [4.69, 9.17) is 4.74 Å². The number of carbonyl (C=O) groups is 1. The number of ether oxygens (including phenoxy) is 1. The van der Waals surface area contributed by atoms with Crippen molar-refractivity contribution >= 4 is 5.91 Å². The second kappa shape index (κ2) is 6.01. The molecular weight excluding hydrogens is 280 g/mol. The molecule has 1 aromatic rings. The van der Waals surface area contributed by atoms with E-state index in [-0.39, 0.29) is 11.9 Å². The Bertz CT molecular complexity index is 546. The maximum absolute atomic E-state index is 12.2. The molecule has 2 fully saturated rings. The highest BCUT2D eigenvalue weighted by Gasteiger charge is 2.30. The molecule has 6 heteroatoms. The number of imidazole rings is 1. The first-order valence-electron chi connectivity index (χ1n) is 8.43. The molecule has 2 aliphatic heterocycles. The summed E-state index contributed by atoms with van der Waals surface area (Å²) < 4.78 is 7.68. The Labute approximate surface area is 130 Å². The van der Waals surface area contributed by atoms with Gasteiger partial charge < -0.3 is 14.6 Å². The van der Waals surface area contributed by atoms with E-state index in [1.54, 1.807) is 0 Å². The Balaban J connectivity index is 1.31. The van der Waals surface area contributed by atoms with Gasteiger partial charge in [0.1, 0.15) is 0 Å². The van der Waals surface area contributed by atoms with E-state index >= 15 is 0 Å². The molecule has 3 heterocycles. The van der Waals surface area contributed by atoms with Crippen LogP contribution in [0, 0.1) is 0 Å². The normalized spacial score (nSPS) is 23.3. The van der Waals surface area contributed by atoms with Crippen LogP contribution in [0.5, 0.6) is 0 Å². The van der Waals surface area contributed by atoms with Crippen LogP contribution in [0.25, 0.3) is 0 Å². The van der Waals surface area contributed by atoms with Crippen LogP contribution < -0.4 is 5.32 Å². The smallest absolute Gasteiger partial charge is 0.234 e. The van der Waals surface area contributed by atoms with Gasteiger partial charge in [0, 0.05) is 50.5 Å². The van der Waals surface area contributed by atoms with Gasteiger partial charge in [0.05, 0.1) is 18.6 Å². The van der Waals surface area contributed by atoms with Crippen molar-refractivity contribution in [1.82, 2.24) is 19.8 Å². The zero-order valence-electron chi connectivity index (χ0n) is 13.0. The van der Waals surface area contributed by atoms with Crippen molar-refractivity contribution in [2.45, 2.75) is 50.7 Å². The molecule has 0 spiro atoms. The molecule has 0 aromatic carbocycles. The summed E-state index contributed by atoms with van der Waals surface area (Å²) in [5.74, 6) is 0.136. The highest BCUT2D eigenvalue weighted by atomic mass is 16.5. The molecule has 1 aromatic heterocycles. The fraction of sp³-hybridized carbons (Fsp3) is 0.750. The van der Waals surface area contributed by atoms with Gasteiger partial charge in [0.15, 0.2) is 0 Å². The zero-order chi connectivity index (χ0) is 14.9. The van der Waals surface area contributed by atoms with E-state index in [0.29, 0.717) is 12.6 Å². The van der Waals surface area contributed by atoms with Gasteiger partial charge in [-0.1, -0.05) is 0 Å². The second-order valence-electron chi connectivity index (χ2n) is 6.69. The Morgan fingerprint density at radius 1 is 1.32 bits per heavy atom. The number of rotatable bonds is 4. The summed E-state index contributed by atoms with van der Waals surface area (Å²) in [6.07, 6.45) is 7.45. The molecule has 0 radical (unpaired) electrons. The van der Waals surface area contributed by atoms with E-state index in [1.807, 2.05) is 6.33 Å². The standard InChI is InChI=1S/C16H24N4O2/c21-16(18-12-4-7-22-8-5-12)10-19-6-3-15-14(9-19)17-11-20(15)13-1-2-13/h11-13H,1-10H2,(H,18,21). The minimum atomic E-state index is 0.136. The Hall–Kier alpha value is -1.40. The molecule has 0 atom stereocenters. The number of aromatic nitrogens is 2. The van der Waals surface area contributed by atoms with Crippen LogP contribution in [0.2, 0.25) is 0 Å². The lowest BCUT2D eigenvalue weighted by atomic mass is 10.1. The lowest BCUT2D eigenvalue weighted by Crippen LogP contribution is -2.45. The van der Waals surface area contributed by atoms with Crippen LogP contribution in [-0.4, -0.2) is 52.7 Å². The molecule has 1 aliphatic carbocycles. The third kappa shape index (κ3) is 3.03. The summed E-state index contributed by atoms with van der Waals surface area (Å²) in [6, 6.07) is 0.982.